The van der Waals surface area contributed by atoms with E-state index in [9.17, 15) is 9.59 Å². The maximum absolute atomic E-state index is 12.4. The highest BCUT2D eigenvalue weighted by Crippen LogP contribution is 2.30. The van der Waals surface area contributed by atoms with Gasteiger partial charge in [0.2, 0.25) is 5.91 Å². The molecule has 1 aliphatic heterocycles. The maximum atomic E-state index is 12.4. The zero-order valence-electron chi connectivity index (χ0n) is 13.0. The van der Waals surface area contributed by atoms with Crippen LogP contribution in [0, 0.1) is 17.8 Å². The number of hydrogen-bond donors (Lipinski definition) is 2. The van der Waals surface area contributed by atoms with Gasteiger partial charge in [0.15, 0.2) is 0 Å². The minimum absolute atomic E-state index is 0.0374. The Bertz CT molecular complexity index is 382. The molecular weight excluding hydrogens is 270 g/mol. The van der Waals surface area contributed by atoms with Crippen LogP contribution in [0.15, 0.2) is 0 Å². The number of rotatable bonds is 4. The van der Waals surface area contributed by atoms with E-state index in [-0.39, 0.29) is 29.9 Å². The van der Waals surface area contributed by atoms with Crippen molar-refractivity contribution >= 4 is 11.9 Å². The van der Waals surface area contributed by atoms with Gasteiger partial charge >= 0.3 is 5.97 Å². The Labute approximate surface area is 126 Å². The van der Waals surface area contributed by atoms with Crippen LogP contribution in [0.5, 0.6) is 0 Å². The molecule has 2 fully saturated rings. The van der Waals surface area contributed by atoms with Gasteiger partial charge in [0.1, 0.15) is 0 Å². The zero-order chi connectivity index (χ0) is 15.4. The van der Waals surface area contributed by atoms with Crippen molar-refractivity contribution in [1.29, 1.82) is 0 Å². The quantitative estimate of drug-likeness (QED) is 0.834. The van der Waals surface area contributed by atoms with E-state index in [2.05, 4.69) is 19.2 Å². The molecule has 1 aliphatic carbocycles. The van der Waals surface area contributed by atoms with Crippen LogP contribution in [-0.2, 0) is 14.3 Å². The molecule has 0 radical (unpaired) electrons. The van der Waals surface area contributed by atoms with Gasteiger partial charge in [-0.2, -0.15) is 0 Å². The molecule has 0 aromatic heterocycles. The molecule has 0 aromatic carbocycles. The number of nitrogens with one attached hydrogen (secondary N) is 1. The maximum Gasteiger partial charge on any atom is 0.306 e. The van der Waals surface area contributed by atoms with Crippen molar-refractivity contribution < 1.29 is 19.4 Å². The Hall–Kier alpha value is -1.10. The second-order valence-electron chi connectivity index (χ2n) is 6.78. The molecule has 2 aliphatic rings. The fourth-order valence-corrected chi connectivity index (χ4v) is 3.39. The molecule has 1 amide bonds. The summed E-state index contributed by atoms with van der Waals surface area (Å²) in [5.74, 6) is -0.766. The molecule has 4 atom stereocenters. The SMILES string of the molecule is CC(C)C1CC(NC(=O)C2CCCC(C(=O)O)C2)CCO1. The van der Waals surface area contributed by atoms with Gasteiger partial charge in [-0.15, -0.1) is 0 Å². The summed E-state index contributed by atoms with van der Waals surface area (Å²) in [5.41, 5.74) is 0. The lowest BCUT2D eigenvalue weighted by atomic mass is 9.80. The predicted octanol–water partition coefficient (Wildman–Crippen LogP) is 2.20. The average Bonchev–Trinajstić information content (AvgIpc) is 2.47. The first-order chi connectivity index (χ1) is 9.97. The molecular formula is C16H27NO4. The van der Waals surface area contributed by atoms with Crippen LogP contribution in [-0.4, -0.2) is 35.7 Å². The number of hydrogen-bond acceptors (Lipinski definition) is 3. The third-order valence-electron chi connectivity index (χ3n) is 4.80. The number of aliphatic carboxylic acids is 1. The first-order valence-electron chi connectivity index (χ1n) is 8.12. The van der Waals surface area contributed by atoms with Gasteiger partial charge in [-0.1, -0.05) is 20.3 Å². The lowest BCUT2D eigenvalue weighted by Crippen LogP contribution is -2.46. The molecule has 120 valence electrons. The Kier molecular flexibility index (Phi) is 5.62. The number of ether oxygens (including phenoxy) is 1. The molecule has 2 N–H and O–H groups in total. The first-order valence-corrected chi connectivity index (χ1v) is 8.12. The molecule has 1 heterocycles. The number of carbonyl (C=O) groups excluding carboxylic acids is 1. The fraction of sp³-hybridized carbons (Fsp3) is 0.875. The van der Waals surface area contributed by atoms with E-state index in [0.717, 1.165) is 25.7 Å². The molecule has 2 rings (SSSR count). The smallest absolute Gasteiger partial charge is 0.306 e. The van der Waals surface area contributed by atoms with E-state index in [1.54, 1.807) is 0 Å². The highest BCUT2D eigenvalue weighted by atomic mass is 16.5. The highest BCUT2D eigenvalue weighted by molar-refractivity contribution is 5.80. The number of carboxylic acids is 1. The Morgan fingerprint density at radius 2 is 1.86 bits per heavy atom. The molecule has 1 saturated carbocycles. The van der Waals surface area contributed by atoms with E-state index in [4.69, 9.17) is 9.84 Å². The van der Waals surface area contributed by atoms with Gasteiger partial charge in [0.05, 0.1) is 12.0 Å². The van der Waals surface area contributed by atoms with E-state index in [1.807, 2.05) is 0 Å². The van der Waals surface area contributed by atoms with Crippen LogP contribution in [0.4, 0.5) is 0 Å². The van der Waals surface area contributed by atoms with Crippen molar-refractivity contribution in [2.24, 2.45) is 17.8 Å². The molecule has 5 heteroatoms. The van der Waals surface area contributed by atoms with Crippen molar-refractivity contribution in [1.82, 2.24) is 5.32 Å². The van der Waals surface area contributed by atoms with Crippen LogP contribution < -0.4 is 5.32 Å². The first kappa shape index (κ1) is 16.3. The molecule has 4 unspecified atom stereocenters. The minimum Gasteiger partial charge on any atom is -0.481 e. The van der Waals surface area contributed by atoms with E-state index >= 15 is 0 Å². The van der Waals surface area contributed by atoms with Crippen LogP contribution in [0.2, 0.25) is 0 Å². The molecule has 5 nitrogen and oxygen atoms in total. The van der Waals surface area contributed by atoms with Gasteiger partial charge in [-0.3, -0.25) is 9.59 Å². The molecule has 0 aromatic rings. The molecule has 21 heavy (non-hydrogen) atoms. The van der Waals surface area contributed by atoms with Crippen molar-refractivity contribution in [2.75, 3.05) is 6.61 Å². The lowest BCUT2D eigenvalue weighted by Gasteiger charge is -2.34. The molecule has 1 saturated heterocycles. The van der Waals surface area contributed by atoms with E-state index in [1.165, 1.54) is 0 Å². The highest BCUT2D eigenvalue weighted by Gasteiger charge is 2.33. The standard InChI is InChI=1S/C16H27NO4/c1-10(2)14-9-13(6-7-21-14)17-15(18)11-4-3-5-12(8-11)16(19)20/h10-14H,3-9H2,1-2H3,(H,17,18)(H,19,20). The molecule has 0 bridgehead atoms. The van der Waals surface area contributed by atoms with Crippen molar-refractivity contribution in [2.45, 2.75) is 64.5 Å². The van der Waals surface area contributed by atoms with Crippen LogP contribution in [0.25, 0.3) is 0 Å². The summed E-state index contributed by atoms with van der Waals surface area (Å²) >= 11 is 0. The fourth-order valence-electron chi connectivity index (χ4n) is 3.39. The monoisotopic (exact) mass is 297 g/mol. The van der Waals surface area contributed by atoms with E-state index < -0.39 is 5.97 Å². The second-order valence-corrected chi connectivity index (χ2v) is 6.78. The van der Waals surface area contributed by atoms with Crippen LogP contribution >= 0.6 is 0 Å². The third kappa shape index (κ3) is 4.43. The van der Waals surface area contributed by atoms with Crippen molar-refractivity contribution in [3.8, 4) is 0 Å². The zero-order valence-corrected chi connectivity index (χ0v) is 13.0. The summed E-state index contributed by atoms with van der Waals surface area (Å²) in [4.78, 5) is 23.4. The average molecular weight is 297 g/mol. The third-order valence-corrected chi connectivity index (χ3v) is 4.80. The Balaban J connectivity index is 1.84. The largest absolute Gasteiger partial charge is 0.481 e. The second kappa shape index (κ2) is 7.25. The minimum atomic E-state index is -0.765. The Morgan fingerprint density at radius 3 is 2.52 bits per heavy atom. The topological polar surface area (TPSA) is 75.6 Å². The van der Waals surface area contributed by atoms with Crippen molar-refractivity contribution in [3.63, 3.8) is 0 Å². The van der Waals surface area contributed by atoms with Gasteiger partial charge < -0.3 is 15.2 Å². The summed E-state index contributed by atoms with van der Waals surface area (Å²) in [6, 6.07) is 0.170. The van der Waals surface area contributed by atoms with Gasteiger partial charge in [0.25, 0.3) is 0 Å². The van der Waals surface area contributed by atoms with Gasteiger partial charge in [-0.05, 0) is 38.0 Å². The Morgan fingerprint density at radius 1 is 1.14 bits per heavy atom. The van der Waals surface area contributed by atoms with Crippen LogP contribution in [0.3, 0.4) is 0 Å². The molecule has 0 spiro atoms. The van der Waals surface area contributed by atoms with Gasteiger partial charge in [0, 0.05) is 18.6 Å². The summed E-state index contributed by atoms with van der Waals surface area (Å²) < 4.78 is 5.72. The predicted molar refractivity (Wildman–Crippen MR) is 78.8 cm³/mol. The summed E-state index contributed by atoms with van der Waals surface area (Å²) in [6.45, 7) is 4.96. The summed E-state index contributed by atoms with van der Waals surface area (Å²) in [7, 11) is 0. The van der Waals surface area contributed by atoms with Gasteiger partial charge in [-0.25, -0.2) is 0 Å². The summed E-state index contributed by atoms with van der Waals surface area (Å²) in [6.07, 6.45) is 4.75. The lowest BCUT2D eigenvalue weighted by molar-refractivity contribution is -0.144. The number of amides is 1. The van der Waals surface area contributed by atoms with Crippen molar-refractivity contribution in [3.05, 3.63) is 0 Å². The normalized spacial score (nSPS) is 33.7. The van der Waals surface area contributed by atoms with Crippen LogP contribution in [0.1, 0.15) is 52.4 Å². The van der Waals surface area contributed by atoms with E-state index in [0.29, 0.717) is 25.4 Å². The number of carbonyl (C=O) groups is 2. The number of carboxylic acid groups (broad SMARTS) is 1. The summed E-state index contributed by atoms with van der Waals surface area (Å²) in [5, 5.41) is 12.2.